The number of nitrogens with one attached hydrogen (secondary N) is 2. The number of carboxylic acids is 1. The highest BCUT2D eigenvalue weighted by Gasteiger charge is 2.17. The van der Waals surface area contributed by atoms with E-state index in [2.05, 4.69) is 10.3 Å². The number of rotatable bonds is 7. The van der Waals surface area contributed by atoms with Gasteiger partial charge in [-0.05, 0) is 35.7 Å². The van der Waals surface area contributed by atoms with Crippen molar-refractivity contribution in [3.8, 4) is 0 Å². The van der Waals surface area contributed by atoms with Crippen molar-refractivity contribution in [2.45, 2.75) is 25.3 Å². The van der Waals surface area contributed by atoms with Crippen LogP contribution in [0.3, 0.4) is 0 Å². The third-order valence-electron chi connectivity index (χ3n) is 4.28. The average molecular weight is 354 g/mol. The fourth-order valence-corrected chi connectivity index (χ4v) is 2.98. The molecule has 1 amide bonds. The lowest BCUT2D eigenvalue weighted by Crippen LogP contribution is -2.30. The van der Waals surface area contributed by atoms with Crippen molar-refractivity contribution < 1.29 is 19.1 Å². The molecular weight excluding hydrogens is 335 g/mol. The van der Waals surface area contributed by atoms with E-state index in [0.29, 0.717) is 5.56 Å². The highest BCUT2D eigenvalue weighted by atomic mass is 19.1. The molecule has 6 heteroatoms. The van der Waals surface area contributed by atoms with E-state index in [4.69, 9.17) is 5.11 Å². The smallest absolute Gasteiger partial charge is 0.303 e. The minimum Gasteiger partial charge on any atom is -0.481 e. The quantitative estimate of drug-likeness (QED) is 0.607. The van der Waals surface area contributed by atoms with Gasteiger partial charge in [-0.1, -0.05) is 30.3 Å². The predicted octanol–water partition coefficient (Wildman–Crippen LogP) is 3.57. The minimum atomic E-state index is -0.942. The zero-order valence-electron chi connectivity index (χ0n) is 14.0. The van der Waals surface area contributed by atoms with Gasteiger partial charge >= 0.3 is 5.97 Å². The summed E-state index contributed by atoms with van der Waals surface area (Å²) in [6.45, 7) is 0. The Kier molecular flexibility index (Phi) is 5.31. The Morgan fingerprint density at radius 1 is 1.12 bits per heavy atom. The van der Waals surface area contributed by atoms with Crippen LogP contribution in [0.4, 0.5) is 4.39 Å². The van der Waals surface area contributed by atoms with Gasteiger partial charge in [-0.25, -0.2) is 4.39 Å². The molecular formula is C20H19FN2O3. The lowest BCUT2D eigenvalue weighted by Gasteiger charge is -2.18. The Balaban J connectivity index is 1.73. The Hall–Kier alpha value is -3.15. The molecule has 1 unspecified atom stereocenters. The van der Waals surface area contributed by atoms with Crippen LogP contribution in [0.15, 0.2) is 54.7 Å². The number of benzene rings is 2. The maximum Gasteiger partial charge on any atom is 0.303 e. The van der Waals surface area contributed by atoms with Gasteiger partial charge < -0.3 is 15.4 Å². The predicted molar refractivity (Wildman–Crippen MR) is 96.2 cm³/mol. The lowest BCUT2D eigenvalue weighted by molar-refractivity contribution is -0.137. The van der Waals surface area contributed by atoms with Gasteiger partial charge in [0.05, 0.1) is 12.5 Å². The van der Waals surface area contributed by atoms with Crippen molar-refractivity contribution >= 4 is 22.8 Å². The average Bonchev–Trinajstić information content (AvgIpc) is 3.02. The normalized spacial score (nSPS) is 12.0. The molecule has 0 saturated carbocycles. The number of carboxylic acid groups (broad SMARTS) is 1. The summed E-state index contributed by atoms with van der Waals surface area (Å²) in [6, 6.07) is 12.9. The SMILES string of the molecule is O=C(O)CCC(NC(=O)Cc1c[nH]c2ccccc12)c1ccc(F)cc1. The number of amides is 1. The van der Waals surface area contributed by atoms with Gasteiger partial charge in [-0.2, -0.15) is 0 Å². The van der Waals surface area contributed by atoms with E-state index in [0.717, 1.165) is 16.5 Å². The number of aliphatic carboxylic acids is 1. The zero-order valence-corrected chi connectivity index (χ0v) is 14.0. The van der Waals surface area contributed by atoms with E-state index in [9.17, 15) is 14.0 Å². The third kappa shape index (κ3) is 4.27. The molecule has 2 aromatic carbocycles. The van der Waals surface area contributed by atoms with Crippen molar-refractivity contribution in [2.75, 3.05) is 0 Å². The third-order valence-corrected chi connectivity index (χ3v) is 4.28. The van der Waals surface area contributed by atoms with Gasteiger partial charge in [-0.3, -0.25) is 9.59 Å². The Labute approximate surface area is 149 Å². The molecule has 0 aliphatic carbocycles. The highest BCUT2D eigenvalue weighted by molar-refractivity contribution is 5.89. The first-order valence-electron chi connectivity index (χ1n) is 8.34. The molecule has 0 fully saturated rings. The summed E-state index contributed by atoms with van der Waals surface area (Å²) in [7, 11) is 0. The van der Waals surface area contributed by atoms with E-state index in [1.807, 2.05) is 24.3 Å². The molecule has 0 spiro atoms. The van der Waals surface area contributed by atoms with Gasteiger partial charge in [0.2, 0.25) is 5.91 Å². The van der Waals surface area contributed by atoms with Crippen molar-refractivity contribution in [3.63, 3.8) is 0 Å². The largest absolute Gasteiger partial charge is 0.481 e. The van der Waals surface area contributed by atoms with Gasteiger partial charge in [0, 0.05) is 23.5 Å². The Morgan fingerprint density at radius 3 is 2.58 bits per heavy atom. The van der Waals surface area contributed by atoms with Crippen LogP contribution >= 0.6 is 0 Å². The zero-order chi connectivity index (χ0) is 18.5. The second-order valence-corrected chi connectivity index (χ2v) is 6.14. The van der Waals surface area contributed by atoms with Crippen molar-refractivity contribution in [3.05, 3.63) is 71.7 Å². The number of para-hydroxylation sites is 1. The van der Waals surface area contributed by atoms with Gasteiger partial charge in [0.15, 0.2) is 0 Å². The minimum absolute atomic E-state index is 0.0879. The maximum absolute atomic E-state index is 13.1. The first-order valence-corrected chi connectivity index (χ1v) is 8.34. The van der Waals surface area contributed by atoms with Crippen LogP contribution in [0, 0.1) is 5.82 Å². The van der Waals surface area contributed by atoms with Crippen LogP contribution in [0.5, 0.6) is 0 Å². The topological polar surface area (TPSA) is 82.2 Å². The van der Waals surface area contributed by atoms with E-state index < -0.39 is 12.0 Å². The molecule has 1 atom stereocenters. The van der Waals surface area contributed by atoms with E-state index in [1.165, 1.54) is 12.1 Å². The summed E-state index contributed by atoms with van der Waals surface area (Å²) in [5.41, 5.74) is 2.50. The number of halogens is 1. The lowest BCUT2D eigenvalue weighted by atomic mass is 10.0. The van der Waals surface area contributed by atoms with Gasteiger partial charge in [0.1, 0.15) is 5.82 Å². The molecule has 0 aliphatic heterocycles. The number of carbonyl (C=O) groups is 2. The molecule has 0 bridgehead atoms. The standard InChI is InChI=1S/C20H19FN2O3/c21-15-7-5-13(6-8-15)17(9-10-20(25)26)23-19(24)11-14-12-22-18-4-2-1-3-16(14)18/h1-8,12,17,22H,9-11H2,(H,23,24)(H,25,26). The maximum atomic E-state index is 13.1. The fraction of sp³-hybridized carbons (Fsp3) is 0.200. The first kappa shape index (κ1) is 17.7. The second kappa shape index (κ2) is 7.82. The number of carbonyl (C=O) groups excluding carboxylic acids is 1. The van der Waals surface area contributed by atoms with E-state index in [1.54, 1.807) is 18.3 Å². The number of hydrogen-bond acceptors (Lipinski definition) is 2. The molecule has 1 heterocycles. The van der Waals surface area contributed by atoms with Crippen molar-refractivity contribution in [2.24, 2.45) is 0 Å². The highest BCUT2D eigenvalue weighted by Crippen LogP contribution is 2.21. The summed E-state index contributed by atoms with van der Waals surface area (Å²) >= 11 is 0. The molecule has 26 heavy (non-hydrogen) atoms. The number of aromatic amines is 1. The number of hydrogen-bond donors (Lipinski definition) is 3. The van der Waals surface area contributed by atoms with Crippen molar-refractivity contribution in [1.82, 2.24) is 10.3 Å². The van der Waals surface area contributed by atoms with Crippen LogP contribution in [0.2, 0.25) is 0 Å². The van der Waals surface area contributed by atoms with Gasteiger partial charge in [0.25, 0.3) is 0 Å². The van der Waals surface area contributed by atoms with Crippen LogP contribution in [-0.4, -0.2) is 22.0 Å². The van der Waals surface area contributed by atoms with Gasteiger partial charge in [-0.15, -0.1) is 0 Å². The summed E-state index contributed by atoms with van der Waals surface area (Å²) < 4.78 is 13.1. The van der Waals surface area contributed by atoms with E-state index >= 15 is 0 Å². The summed E-state index contributed by atoms with van der Waals surface area (Å²) in [4.78, 5) is 26.5. The molecule has 134 valence electrons. The van der Waals surface area contributed by atoms with Crippen LogP contribution in [0.1, 0.15) is 30.0 Å². The second-order valence-electron chi connectivity index (χ2n) is 6.14. The first-order chi connectivity index (χ1) is 12.5. The number of fused-ring (bicyclic) bond motifs is 1. The summed E-state index contributed by atoms with van der Waals surface area (Å²) in [5.74, 6) is -1.53. The molecule has 0 saturated heterocycles. The molecule has 0 aliphatic rings. The fourth-order valence-electron chi connectivity index (χ4n) is 2.98. The molecule has 3 aromatic rings. The van der Waals surface area contributed by atoms with E-state index in [-0.39, 0.29) is 31.0 Å². The molecule has 5 nitrogen and oxygen atoms in total. The Morgan fingerprint density at radius 2 is 1.85 bits per heavy atom. The van der Waals surface area contributed by atoms with Crippen LogP contribution in [-0.2, 0) is 16.0 Å². The van der Waals surface area contributed by atoms with Crippen molar-refractivity contribution in [1.29, 1.82) is 0 Å². The molecule has 1 aromatic heterocycles. The summed E-state index contributed by atoms with van der Waals surface area (Å²) in [5, 5.41) is 12.8. The number of aromatic nitrogens is 1. The summed E-state index contributed by atoms with van der Waals surface area (Å²) in [6.07, 6.45) is 2.12. The Bertz CT molecular complexity index is 918. The molecule has 0 radical (unpaired) electrons. The molecule has 3 rings (SSSR count). The van der Waals surface area contributed by atoms with Crippen LogP contribution < -0.4 is 5.32 Å². The molecule has 3 N–H and O–H groups in total. The monoisotopic (exact) mass is 354 g/mol. The number of H-pyrrole nitrogens is 1. The van der Waals surface area contributed by atoms with Crippen LogP contribution in [0.25, 0.3) is 10.9 Å².